The highest BCUT2D eigenvalue weighted by molar-refractivity contribution is 6.31. The van der Waals surface area contributed by atoms with Crippen molar-refractivity contribution in [2.75, 3.05) is 51.3 Å². The molecule has 0 aromatic heterocycles. The van der Waals surface area contributed by atoms with Gasteiger partial charge in [-0.15, -0.1) is 0 Å². The van der Waals surface area contributed by atoms with Gasteiger partial charge >= 0.3 is 0 Å². The summed E-state index contributed by atoms with van der Waals surface area (Å²) >= 11 is 0. The number of Topliss-reactive ketones (excluding diaryl/α,β-unsaturated/α-hetero) is 1. The molecule has 6 aliphatic rings. The maximum absolute atomic E-state index is 14.1. The maximum atomic E-state index is 14.1. The van der Waals surface area contributed by atoms with E-state index in [0.29, 0.717) is 99.7 Å². The number of likely N-dealkylation sites (N-methyl/N-ethyl adjacent to an activating group) is 1. The second-order valence-electron chi connectivity index (χ2n) is 23.8. The summed E-state index contributed by atoms with van der Waals surface area (Å²) in [6.07, 6.45) is -1.91. The summed E-state index contributed by atoms with van der Waals surface area (Å²) in [5, 5.41) is 84.6. The molecule has 9 N–H and O–H groups in total. The third-order valence-corrected chi connectivity index (χ3v) is 17.8. The molecule has 0 saturated carbocycles. The van der Waals surface area contributed by atoms with Crippen molar-refractivity contribution in [2.24, 2.45) is 16.8 Å². The predicted molar refractivity (Wildman–Crippen MR) is 313 cm³/mol. The van der Waals surface area contributed by atoms with E-state index in [-0.39, 0.29) is 81.5 Å². The van der Waals surface area contributed by atoms with Gasteiger partial charge in [0.1, 0.15) is 58.6 Å². The molecule has 22 nitrogen and oxygen atoms in total. The number of hydrogen-bond donors (Lipinski definition) is 9. The molecule has 4 aromatic rings. The Balaban J connectivity index is 0.754. The van der Waals surface area contributed by atoms with Crippen LogP contribution in [0.4, 0.5) is 5.69 Å². The van der Waals surface area contributed by atoms with Gasteiger partial charge in [0.05, 0.1) is 53.7 Å². The number of nitrogens with one attached hydrogen (secondary N) is 2. The van der Waals surface area contributed by atoms with E-state index >= 15 is 0 Å². The van der Waals surface area contributed by atoms with Crippen LogP contribution in [0.1, 0.15) is 151 Å². The summed E-state index contributed by atoms with van der Waals surface area (Å²) in [5.74, 6) is -5.26. The van der Waals surface area contributed by atoms with Crippen molar-refractivity contribution in [1.82, 2.24) is 20.4 Å². The van der Waals surface area contributed by atoms with E-state index in [9.17, 15) is 64.5 Å². The first-order chi connectivity index (χ1) is 41.0. The fraction of sp³-hybridized carbons (Fsp3) is 0.484. The predicted octanol–water partition coefficient (Wildman–Crippen LogP) is 4.91. The largest absolute Gasteiger partial charge is 0.508 e. The Morgan fingerprint density at radius 2 is 1.55 bits per heavy atom. The van der Waals surface area contributed by atoms with E-state index in [1.807, 2.05) is 62.9 Å². The number of carbonyl (C=O) groups excluding carboxylic acids is 6. The van der Waals surface area contributed by atoms with Gasteiger partial charge < -0.3 is 65.5 Å². The summed E-state index contributed by atoms with van der Waals surface area (Å²) in [6.45, 7) is 11.3. The molecule has 4 aromatic carbocycles. The van der Waals surface area contributed by atoms with Gasteiger partial charge in [0.15, 0.2) is 17.9 Å². The number of aliphatic hydroxyl groups excluding tert-OH is 2. The molecule has 3 fully saturated rings. The Kier molecular flexibility index (Phi) is 17.8. The highest BCUT2D eigenvalue weighted by Gasteiger charge is 2.51. The summed E-state index contributed by atoms with van der Waals surface area (Å²) in [7, 11) is 1.31. The van der Waals surface area contributed by atoms with Crippen molar-refractivity contribution < 1.29 is 78.7 Å². The lowest BCUT2D eigenvalue weighted by Gasteiger charge is -2.43. The van der Waals surface area contributed by atoms with Crippen molar-refractivity contribution in [1.29, 1.82) is 0 Å². The molecule has 0 radical (unpaired) electrons. The summed E-state index contributed by atoms with van der Waals surface area (Å²) < 4.78 is 17.8. The van der Waals surface area contributed by atoms with E-state index in [4.69, 9.17) is 19.2 Å². The molecule has 2 aliphatic carbocycles. The van der Waals surface area contributed by atoms with Crippen LogP contribution < -0.4 is 20.3 Å². The number of benzene rings is 4. The smallest absolute Gasteiger partial charge is 0.267 e. The summed E-state index contributed by atoms with van der Waals surface area (Å²) in [4.78, 5) is 93.8. The standard InChI is InChI=1S/C64H76N6O16/c1-7-65-62(81)44-16-11-33(4)66-60(41-25-40(32(2)3)45(72)27-46(41)73)70(44)38-14-12-35(13-15-38)30-68-21-17-37(18-22-68)63(82)69-23-19-36(20-24-69)61(80)67-43-26-50(85-34(5)55(43)75)86-48-29-64(83,49(74)31-71)28-42-52(48)59(79)54-53(57(42)77)56(76)39-9-8-10-47(84-6)51(39)58(54)78/h8-10,12-16,25,27,32-34,36-37,43,48,50,55,71-73,75,77,79,83H,7,11,17-24,26,28-31H2,1-6H3,(H,65,81)(H,67,80). The van der Waals surface area contributed by atoms with Gasteiger partial charge in [0, 0.05) is 85.7 Å². The van der Waals surface area contributed by atoms with Crippen molar-refractivity contribution >= 4 is 46.6 Å². The van der Waals surface area contributed by atoms with Crippen LogP contribution in [0.15, 0.2) is 71.4 Å². The quantitative estimate of drug-likeness (QED) is 0.0629. The maximum Gasteiger partial charge on any atom is 0.267 e. The number of aliphatic hydroxyl groups is 3. The SMILES string of the molecule is CCNC(=O)C1=CCC(C)N=C(c2cc(C(C)C)c(O)cc2O)N1c1ccc(CN2CCC(C(=O)N3CCC(C(=O)NC4CC(OC5CC(O)(C(=O)CO)Cc6c(O)c7c(c(O)c65)C(=O)c5c(OC)cccc5C7=O)OC(C)C4O)CC3)CC2)cc1. The van der Waals surface area contributed by atoms with E-state index in [0.717, 1.165) is 5.56 Å². The van der Waals surface area contributed by atoms with Gasteiger partial charge in [-0.05, 0) is 107 Å². The van der Waals surface area contributed by atoms with Crippen LogP contribution >= 0.6 is 0 Å². The Labute approximate surface area is 498 Å². The van der Waals surface area contributed by atoms with Crippen LogP contribution in [0.25, 0.3) is 0 Å². The first-order valence-corrected chi connectivity index (χ1v) is 29.6. The number of phenolic OH excluding ortho intramolecular Hbond substituents is 4. The molecule has 0 spiro atoms. The second kappa shape index (κ2) is 24.9. The molecule has 3 saturated heterocycles. The first kappa shape index (κ1) is 61.4. The van der Waals surface area contributed by atoms with Gasteiger partial charge in [-0.2, -0.15) is 0 Å². The molecule has 86 heavy (non-hydrogen) atoms. The van der Waals surface area contributed by atoms with Crippen molar-refractivity contribution in [2.45, 2.75) is 141 Å². The highest BCUT2D eigenvalue weighted by Crippen LogP contribution is 2.53. The number of ether oxygens (including phenoxy) is 3. The minimum Gasteiger partial charge on any atom is -0.508 e. The molecule has 4 heterocycles. The topological polar surface area (TPSA) is 318 Å². The van der Waals surface area contributed by atoms with Gasteiger partial charge in [0.25, 0.3) is 5.91 Å². The zero-order chi connectivity index (χ0) is 61.6. The number of phenols is 4. The van der Waals surface area contributed by atoms with Crippen molar-refractivity contribution in [3.8, 4) is 28.7 Å². The lowest BCUT2D eigenvalue weighted by Crippen LogP contribution is -2.57. The summed E-state index contributed by atoms with van der Waals surface area (Å²) in [5.41, 5.74) is -1.04. The normalized spacial score (nSPS) is 24.7. The Bertz CT molecular complexity index is 3400. The number of hydrogen-bond acceptors (Lipinski definition) is 19. The molecule has 4 aliphatic heterocycles. The minimum atomic E-state index is -2.37. The number of rotatable bonds is 15. The van der Waals surface area contributed by atoms with E-state index in [1.165, 1.54) is 31.4 Å². The molecule has 0 bridgehead atoms. The van der Waals surface area contributed by atoms with Gasteiger partial charge in [-0.1, -0.05) is 44.2 Å². The van der Waals surface area contributed by atoms with E-state index in [1.54, 1.807) is 17.9 Å². The van der Waals surface area contributed by atoms with Crippen LogP contribution in [0.3, 0.4) is 0 Å². The minimum absolute atomic E-state index is 0.0265. The number of methoxy groups -OCH3 is 1. The number of aromatic hydroxyl groups is 4. The third-order valence-electron chi connectivity index (χ3n) is 17.8. The Morgan fingerprint density at radius 1 is 0.860 bits per heavy atom. The fourth-order valence-electron chi connectivity index (χ4n) is 13.1. The first-order valence-electron chi connectivity index (χ1n) is 29.6. The number of aliphatic imine (C=N–C) groups is 1. The number of ketones is 3. The third kappa shape index (κ3) is 11.7. The van der Waals surface area contributed by atoms with Gasteiger partial charge in [-0.3, -0.25) is 43.6 Å². The zero-order valence-electron chi connectivity index (χ0n) is 49.2. The van der Waals surface area contributed by atoms with Crippen LogP contribution in [0.5, 0.6) is 28.7 Å². The number of amides is 3. The fourth-order valence-corrected chi connectivity index (χ4v) is 13.1. The van der Waals surface area contributed by atoms with Gasteiger partial charge in [0.2, 0.25) is 17.6 Å². The van der Waals surface area contributed by atoms with E-state index < -0.39 is 102 Å². The molecule has 458 valence electrons. The average Bonchev–Trinajstić information content (AvgIpc) is 0.796. The molecule has 22 heteroatoms. The Morgan fingerprint density at radius 3 is 2.21 bits per heavy atom. The number of likely N-dealkylation sites (tertiary alicyclic amines) is 2. The van der Waals surface area contributed by atoms with E-state index in [2.05, 4.69) is 15.5 Å². The van der Waals surface area contributed by atoms with Crippen LogP contribution in [-0.4, -0.2) is 169 Å². The monoisotopic (exact) mass is 1180 g/mol. The number of anilines is 1. The number of fused-ring (bicyclic) bond motifs is 3. The molecule has 7 atom stereocenters. The summed E-state index contributed by atoms with van der Waals surface area (Å²) in [6, 6.07) is 14.1. The van der Waals surface area contributed by atoms with Crippen LogP contribution in [0, 0.1) is 11.8 Å². The van der Waals surface area contributed by atoms with Crippen LogP contribution in [-0.2, 0) is 41.6 Å². The number of piperidine rings is 2. The molecular weight excluding hydrogens is 1110 g/mol. The lowest BCUT2D eigenvalue weighted by atomic mass is 9.72. The molecule has 7 unspecified atom stereocenters. The zero-order valence-corrected chi connectivity index (χ0v) is 49.2. The second-order valence-corrected chi connectivity index (χ2v) is 23.8. The number of amidine groups is 1. The molecule has 10 rings (SSSR count). The average molecular weight is 1190 g/mol. The number of nitrogens with zero attached hydrogens (tertiary/aromatic N) is 4. The van der Waals surface area contributed by atoms with Crippen molar-refractivity contribution in [3.05, 3.63) is 116 Å². The molecule has 3 amide bonds. The van der Waals surface area contributed by atoms with Crippen LogP contribution in [0.2, 0.25) is 0 Å². The highest BCUT2D eigenvalue weighted by atomic mass is 16.7. The lowest BCUT2D eigenvalue weighted by molar-refractivity contribution is -0.249. The van der Waals surface area contributed by atoms with Crippen molar-refractivity contribution in [3.63, 3.8) is 0 Å². The molecular formula is C64H76N6O16. The Hall–Kier alpha value is -7.73. The van der Waals surface area contributed by atoms with Gasteiger partial charge in [-0.25, -0.2) is 0 Å². The number of carbonyl (C=O) groups is 6.